The molecule has 8 aromatic rings. The molecule has 0 fully saturated rings. The molecule has 0 heterocycles. The molecule has 0 aliphatic heterocycles. The molecule has 2 atom stereocenters. The van der Waals surface area contributed by atoms with E-state index in [1.165, 1.54) is 88.8 Å². The lowest BCUT2D eigenvalue weighted by Gasteiger charge is -2.53. The number of hydrogen-bond donors (Lipinski definition) is 0. The SMILES string of the molecule is CCC1(N(c2ccccc2)c2cccc3ccccc23)Cc2cc3c(cc21)C(C)(C)c1cc2c(cc1-3)C2(C)N(c1ccccc1)c1cccc2ccccc12. The molecule has 8 aromatic carbocycles. The predicted octanol–water partition coefficient (Wildman–Crippen LogP) is 13.7. The smallest absolute Gasteiger partial charge is 0.0934 e. The van der Waals surface area contributed by atoms with Crippen molar-refractivity contribution in [1.82, 2.24) is 0 Å². The van der Waals surface area contributed by atoms with Gasteiger partial charge in [0.2, 0.25) is 0 Å². The Morgan fingerprint density at radius 2 is 0.927 bits per heavy atom. The number of nitrogens with zero attached hydrogens (tertiary/aromatic N) is 2. The summed E-state index contributed by atoms with van der Waals surface area (Å²) in [5.41, 5.74) is 15.9. The Kier molecular flexibility index (Phi) is 6.73. The summed E-state index contributed by atoms with van der Waals surface area (Å²) in [7, 11) is 0. The molecule has 0 N–H and O–H groups in total. The van der Waals surface area contributed by atoms with Crippen molar-refractivity contribution in [3.8, 4) is 11.1 Å². The van der Waals surface area contributed by atoms with Crippen LogP contribution >= 0.6 is 0 Å². The van der Waals surface area contributed by atoms with E-state index in [4.69, 9.17) is 0 Å². The summed E-state index contributed by atoms with van der Waals surface area (Å²) < 4.78 is 0. The summed E-state index contributed by atoms with van der Waals surface area (Å²) in [5, 5.41) is 5.11. The predicted molar refractivity (Wildman–Crippen MR) is 231 cm³/mol. The third-order valence-electron chi connectivity index (χ3n) is 13.5. The van der Waals surface area contributed by atoms with Gasteiger partial charge in [-0.1, -0.05) is 148 Å². The van der Waals surface area contributed by atoms with Crippen molar-refractivity contribution < 1.29 is 0 Å². The van der Waals surface area contributed by atoms with Crippen molar-refractivity contribution in [2.45, 2.75) is 57.0 Å². The second-order valence-corrected chi connectivity index (χ2v) is 16.6. The van der Waals surface area contributed by atoms with Crippen molar-refractivity contribution in [2.24, 2.45) is 0 Å². The summed E-state index contributed by atoms with van der Waals surface area (Å²) in [5.74, 6) is 0. The van der Waals surface area contributed by atoms with Crippen LogP contribution in [0.3, 0.4) is 0 Å². The standard InChI is InChI=1S/C53H44N2/c1-5-53(55(39-24-10-7-11-25-39)50-29-17-21-36-19-13-15-27-41(36)50)34-37-30-42-43-31-47-48(33-46(43)51(2,3)45(42)32-44(37)53)52(47,4)54(38-22-8-6-9-23-38)49-28-16-20-35-18-12-14-26-40(35)49/h6-33H,5,34H2,1-4H3. The van der Waals surface area contributed by atoms with Crippen molar-refractivity contribution in [2.75, 3.05) is 9.80 Å². The molecule has 2 heteroatoms. The third kappa shape index (κ3) is 4.37. The van der Waals surface area contributed by atoms with Crippen LogP contribution in [0.25, 0.3) is 32.7 Å². The monoisotopic (exact) mass is 708 g/mol. The van der Waals surface area contributed by atoms with E-state index in [2.05, 4.69) is 207 Å². The maximum absolute atomic E-state index is 2.66. The van der Waals surface area contributed by atoms with E-state index in [-0.39, 0.29) is 16.5 Å². The second-order valence-electron chi connectivity index (χ2n) is 16.6. The average Bonchev–Trinajstić information content (AvgIpc) is 3.74. The topological polar surface area (TPSA) is 6.48 Å². The molecule has 55 heavy (non-hydrogen) atoms. The lowest BCUT2D eigenvalue weighted by Crippen LogP contribution is -2.51. The van der Waals surface area contributed by atoms with Crippen molar-refractivity contribution in [3.63, 3.8) is 0 Å². The van der Waals surface area contributed by atoms with E-state index in [9.17, 15) is 0 Å². The Balaban J connectivity index is 1.05. The molecule has 0 spiro atoms. The molecule has 3 aliphatic carbocycles. The van der Waals surface area contributed by atoms with E-state index >= 15 is 0 Å². The quantitative estimate of drug-likeness (QED) is 0.163. The highest BCUT2D eigenvalue weighted by Crippen LogP contribution is 2.63. The largest absolute Gasteiger partial charge is 0.330 e. The summed E-state index contributed by atoms with van der Waals surface area (Å²) in [6, 6.07) is 63.4. The van der Waals surface area contributed by atoms with Crippen LogP contribution in [0.15, 0.2) is 170 Å². The Bertz CT molecular complexity index is 2830. The molecular formula is C53H44N2. The molecule has 3 aliphatic rings. The number of fused-ring (bicyclic) bond motifs is 7. The van der Waals surface area contributed by atoms with Crippen molar-refractivity contribution in [1.29, 1.82) is 0 Å². The van der Waals surface area contributed by atoms with Gasteiger partial charge in [-0.05, 0) is 111 Å². The molecular weight excluding hydrogens is 665 g/mol. The van der Waals surface area contributed by atoms with Crippen LogP contribution in [0.4, 0.5) is 22.7 Å². The van der Waals surface area contributed by atoms with Crippen LogP contribution in [0.2, 0.25) is 0 Å². The van der Waals surface area contributed by atoms with Crippen LogP contribution in [0, 0.1) is 0 Å². The van der Waals surface area contributed by atoms with Crippen LogP contribution in [0.5, 0.6) is 0 Å². The first-order chi connectivity index (χ1) is 26.8. The maximum atomic E-state index is 2.66. The van der Waals surface area contributed by atoms with E-state index in [0.717, 1.165) is 12.8 Å². The van der Waals surface area contributed by atoms with Crippen LogP contribution in [-0.2, 0) is 22.9 Å². The Morgan fingerprint density at radius 3 is 1.53 bits per heavy atom. The minimum absolute atomic E-state index is 0.138. The van der Waals surface area contributed by atoms with Gasteiger partial charge in [-0.25, -0.2) is 0 Å². The van der Waals surface area contributed by atoms with Gasteiger partial charge in [-0.2, -0.15) is 0 Å². The fourth-order valence-electron chi connectivity index (χ4n) is 10.6. The Morgan fingerprint density at radius 1 is 0.455 bits per heavy atom. The number of benzene rings is 8. The molecule has 0 saturated heterocycles. The minimum Gasteiger partial charge on any atom is -0.330 e. The third-order valence-corrected chi connectivity index (χ3v) is 13.5. The molecule has 0 aromatic heterocycles. The molecule has 11 rings (SSSR count). The fraction of sp³-hybridized carbons (Fsp3) is 0.170. The highest BCUT2D eigenvalue weighted by molar-refractivity contribution is 5.99. The van der Waals surface area contributed by atoms with Gasteiger partial charge >= 0.3 is 0 Å². The van der Waals surface area contributed by atoms with Gasteiger partial charge in [0.1, 0.15) is 0 Å². The zero-order valence-corrected chi connectivity index (χ0v) is 32.0. The molecule has 0 amide bonds. The maximum Gasteiger partial charge on any atom is 0.0934 e. The van der Waals surface area contributed by atoms with Gasteiger partial charge in [0.25, 0.3) is 0 Å². The first-order valence-electron chi connectivity index (χ1n) is 19.9. The number of anilines is 4. The van der Waals surface area contributed by atoms with Crippen LogP contribution < -0.4 is 9.80 Å². The van der Waals surface area contributed by atoms with E-state index < -0.39 is 0 Å². The first kappa shape index (κ1) is 32.3. The fourth-order valence-corrected chi connectivity index (χ4v) is 10.6. The van der Waals surface area contributed by atoms with Gasteiger partial charge in [0.05, 0.1) is 16.8 Å². The molecule has 0 radical (unpaired) electrons. The van der Waals surface area contributed by atoms with E-state index in [1.807, 2.05) is 0 Å². The Labute approximate surface area is 324 Å². The number of para-hydroxylation sites is 2. The average molecular weight is 709 g/mol. The molecule has 0 saturated carbocycles. The van der Waals surface area contributed by atoms with E-state index in [0.29, 0.717) is 0 Å². The van der Waals surface area contributed by atoms with E-state index in [1.54, 1.807) is 0 Å². The van der Waals surface area contributed by atoms with Gasteiger partial charge in [-0.15, -0.1) is 0 Å². The molecule has 266 valence electrons. The summed E-state index contributed by atoms with van der Waals surface area (Å²) in [4.78, 5) is 5.25. The van der Waals surface area contributed by atoms with Gasteiger partial charge in [-0.3, -0.25) is 0 Å². The minimum atomic E-state index is -0.252. The molecule has 2 nitrogen and oxygen atoms in total. The number of rotatable bonds is 7. The van der Waals surface area contributed by atoms with Gasteiger partial charge in [0, 0.05) is 39.7 Å². The van der Waals surface area contributed by atoms with Crippen LogP contribution in [-0.4, -0.2) is 0 Å². The summed E-state index contributed by atoms with van der Waals surface area (Å²) in [6.07, 6.45) is 2.02. The molecule has 2 unspecified atom stereocenters. The normalized spacial score (nSPS) is 19.6. The van der Waals surface area contributed by atoms with Crippen molar-refractivity contribution in [3.05, 3.63) is 203 Å². The highest BCUT2D eigenvalue weighted by atomic mass is 15.2. The highest BCUT2D eigenvalue weighted by Gasteiger charge is 2.55. The lowest BCUT2D eigenvalue weighted by molar-refractivity contribution is 0.363. The molecule has 0 bridgehead atoms. The second kappa shape index (κ2) is 11.4. The summed E-state index contributed by atoms with van der Waals surface area (Å²) in [6.45, 7) is 9.70. The summed E-state index contributed by atoms with van der Waals surface area (Å²) >= 11 is 0. The van der Waals surface area contributed by atoms with Crippen molar-refractivity contribution >= 4 is 44.3 Å². The van der Waals surface area contributed by atoms with Crippen LogP contribution in [0.1, 0.15) is 67.5 Å². The van der Waals surface area contributed by atoms with Gasteiger partial charge in [0.15, 0.2) is 0 Å². The first-order valence-corrected chi connectivity index (χ1v) is 19.9. The zero-order chi connectivity index (χ0) is 37.1. The Hall–Kier alpha value is -6.12. The zero-order valence-electron chi connectivity index (χ0n) is 32.0. The number of hydrogen-bond acceptors (Lipinski definition) is 2. The lowest BCUT2D eigenvalue weighted by atomic mass is 9.65. The van der Waals surface area contributed by atoms with Gasteiger partial charge < -0.3 is 9.80 Å².